The number of rotatable bonds is 0. The number of ketones is 1. The standard InChI is InChI=1S/C12H9NOS/c1-6-10(13)3-2-7-8-4-15-5-9(8)12(14)11(6)7/h2-5H,13H2,1H3. The van der Waals surface area contributed by atoms with E-state index in [1.54, 1.807) is 11.3 Å². The van der Waals surface area contributed by atoms with Gasteiger partial charge < -0.3 is 5.73 Å². The van der Waals surface area contributed by atoms with Crippen molar-refractivity contribution in [2.24, 2.45) is 0 Å². The van der Waals surface area contributed by atoms with Gasteiger partial charge in [0.15, 0.2) is 5.78 Å². The second-order valence-electron chi connectivity index (χ2n) is 3.73. The number of fused-ring (bicyclic) bond motifs is 3. The smallest absolute Gasteiger partial charge is 0.195 e. The summed E-state index contributed by atoms with van der Waals surface area (Å²) in [5, 5.41) is 3.93. The third-order valence-electron chi connectivity index (χ3n) is 2.93. The van der Waals surface area contributed by atoms with E-state index in [1.165, 1.54) is 0 Å². The normalized spacial score (nSPS) is 12.7. The summed E-state index contributed by atoms with van der Waals surface area (Å²) in [6.07, 6.45) is 0. The third-order valence-corrected chi connectivity index (χ3v) is 3.67. The number of nitrogen functional groups attached to an aromatic ring is 1. The van der Waals surface area contributed by atoms with Crippen molar-refractivity contribution in [3.05, 3.63) is 39.6 Å². The van der Waals surface area contributed by atoms with E-state index < -0.39 is 0 Å². The maximum absolute atomic E-state index is 12.1. The first-order valence-electron chi connectivity index (χ1n) is 4.70. The topological polar surface area (TPSA) is 43.1 Å². The van der Waals surface area contributed by atoms with Gasteiger partial charge >= 0.3 is 0 Å². The van der Waals surface area contributed by atoms with Gasteiger partial charge in [-0.2, -0.15) is 11.3 Å². The van der Waals surface area contributed by atoms with E-state index in [4.69, 9.17) is 5.73 Å². The first kappa shape index (κ1) is 8.68. The molecular formula is C12H9NOS. The quantitative estimate of drug-likeness (QED) is 0.586. The molecule has 0 unspecified atom stereocenters. The van der Waals surface area contributed by atoms with Crippen LogP contribution >= 0.6 is 11.3 Å². The van der Waals surface area contributed by atoms with Gasteiger partial charge in [-0.1, -0.05) is 6.07 Å². The summed E-state index contributed by atoms with van der Waals surface area (Å²) in [6, 6.07) is 3.81. The van der Waals surface area contributed by atoms with E-state index >= 15 is 0 Å². The second kappa shape index (κ2) is 2.70. The largest absolute Gasteiger partial charge is 0.398 e. The molecule has 1 aliphatic rings. The van der Waals surface area contributed by atoms with Crippen molar-refractivity contribution in [3.63, 3.8) is 0 Å². The summed E-state index contributed by atoms with van der Waals surface area (Å²) < 4.78 is 0. The van der Waals surface area contributed by atoms with Crippen LogP contribution in [0, 0.1) is 6.92 Å². The molecule has 15 heavy (non-hydrogen) atoms. The Balaban J connectivity index is 2.42. The maximum atomic E-state index is 12.1. The fourth-order valence-corrected chi connectivity index (χ4v) is 2.89. The minimum atomic E-state index is 0.117. The molecule has 74 valence electrons. The molecule has 0 spiro atoms. The maximum Gasteiger partial charge on any atom is 0.195 e. The Kier molecular flexibility index (Phi) is 1.56. The monoisotopic (exact) mass is 215 g/mol. The van der Waals surface area contributed by atoms with Gasteiger partial charge in [0.25, 0.3) is 0 Å². The van der Waals surface area contributed by atoms with E-state index in [0.717, 1.165) is 27.8 Å². The lowest BCUT2D eigenvalue weighted by atomic mass is 10.0. The molecule has 0 saturated heterocycles. The third kappa shape index (κ3) is 0.957. The van der Waals surface area contributed by atoms with Crippen LogP contribution in [0.5, 0.6) is 0 Å². The molecule has 1 aromatic carbocycles. The number of thiophene rings is 1. The number of hydrogen-bond acceptors (Lipinski definition) is 3. The molecule has 2 nitrogen and oxygen atoms in total. The highest BCUT2D eigenvalue weighted by molar-refractivity contribution is 7.08. The zero-order chi connectivity index (χ0) is 10.6. The summed E-state index contributed by atoms with van der Waals surface area (Å²) in [5.41, 5.74) is 11.1. The first-order valence-corrected chi connectivity index (χ1v) is 5.65. The van der Waals surface area contributed by atoms with Gasteiger partial charge in [0.2, 0.25) is 0 Å². The molecule has 1 aliphatic carbocycles. The molecule has 1 aromatic heterocycles. The average molecular weight is 215 g/mol. The molecule has 0 saturated carbocycles. The number of benzene rings is 1. The van der Waals surface area contributed by atoms with Gasteiger partial charge in [0.05, 0.1) is 0 Å². The summed E-state index contributed by atoms with van der Waals surface area (Å²) in [4.78, 5) is 12.1. The minimum absolute atomic E-state index is 0.117. The lowest BCUT2D eigenvalue weighted by Crippen LogP contribution is -2.00. The van der Waals surface area contributed by atoms with Crippen molar-refractivity contribution in [2.75, 3.05) is 5.73 Å². The summed E-state index contributed by atoms with van der Waals surface area (Å²) in [5.74, 6) is 0.117. The van der Waals surface area contributed by atoms with Gasteiger partial charge in [-0.15, -0.1) is 0 Å². The fraction of sp³-hybridized carbons (Fsp3) is 0.0833. The predicted molar refractivity (Wildman–Crippen MR) is 62.3 cm³/mol. The summed E-state index contributed by atoms with van der Waals surface area (Å²) in [7, 11) is 0. The van der Waals surface area contributed by atoms with Crippen LogP contribution in [0.15, 0.2) is 22.9 Å². The molecule has 0 aliphatic heterocycles. The SMILES string of the molecule is Cc1c(N)ccc2c1C(=O)c1cscc1-2. The zero-order valence-electron chi connectivity index (χ0n) is 8.20. The predicted octanol–water partition coefficient (Wildman–Crippen LogP) is 2.85. The van der Waals surface area contributed by atoms with Crippen LogP contribution in [-0.4, -0.2) is 5.78 Å². The Morgan fingerprint density at radius 1 is 1.13 bits per heavy atom. The lowest BCUT2D eigenvalue weighted by Gasteiger charge is -2.05. The van der Waals surface area contributed by atoms with Crippen molar-refractivity contribution in [1.82, 2.24) is 0 Å². The van der Waals surface area contributed by atoms with Crippen LogP contribution < -0.4 is 5.73 Å². The van der Waals surface area contributed by atoms with E-state index in [1.807, 2.05) is 29.8 Å². The molecular weight excluding hydrogens is 206 g/mol. The van der Waals surface area contributed by atoms with Crippen LogP contribution in [0.3, 0.4) is 0 Å². The molecule has 2 N–H and O–H groups in total. The molecule has 3 heteroatoms. The minimum Gasteiger partial charge on any atom is -0.398 e. The van der Waals surface area contributed by atoms with Crippen LogP contribution in [0.2, 0.25) is 0 Å². The molecule has 3 rings (SSSR count). The Labute approximate surface area is 91.4 Å². The Morgan fingerprint density at radius 2 is 1.87 bits per heavy atom. The van der Waals surface area contributed by atoms with Crippen molar-refractivity contribution in [2.45, 2.75) is 6.92 Å². The number of carbonyl (C=O) groups excluding carboxylic acids is 1. The van der Waals surface area contributed by atoms with Crippen molar-refractivity contribution in [3.8, 4) is 11.1 Å². The summed E-state index contributed by atoms with van der Waals surface area (Å²) in [6.45, 7) is 1.90. The van der Waals surface area contributed by atoms with E-state index in [2.05, 4.69) is 0 Å². The van der Waals surface area contributed by atoms with Gasteiger partial charge in [-0.25, -0.2) is 0 Å². The Hall–Kier alpha value is -1.61. The van der Waals surface area contributed by atoms with Crippen molar-refractivity contribution in [1.29, 1.82) is 0 Å². The second-order valence-corrected chi connectivity index (χ2v) is 4.47. The fourth-order valence-electron chi connectivity index (χ4n) is 2.06. The molecule has 0 radical (unpaired) electrons. The average Bonchev–Trinajstić information content (AvgIpc) is 2.76. The van der Waals surface area contributed by atoms with E-state index in [-0.39, 0.29) is 5.78 Å². The van der Waals surface area contributed by atoms with Gasteiger partial charge in [-0.3, -0.25) is 4.79 Å². The van der Waals surface area contributed by atoms with Crippen molar-refractivity contribution < 1.29 is 4.79 Å². The van der Waals surface area contributed by atoms with Gasteiger partial charge in [-0.05, 0) is 29.5 Å². The first-order chi connectivity index (χ1) is 7.20. The molecule has 1 heterocycles. The molecule has 0 bridgehead atoms. The van der Waals surface area contributed by atoms with Crippen LogP contribution in [0.4, 0.5) is 5.69 Å². The Bertz CT molecular complexity index is 583. The molecule has 0 fully saturated rings. The summed E-state index contributed by atoms with van der Waals surface area (Å²) >= 11 is 1.57. The Morgan fingerprint density at radius 3 is 2.67 bits per heavy atom. The zero-order valence-corrected chi connectivity index (χ0v) is 9.02. The van der Waals surface area contributed by atoms with Gasteiger partial charge in [0.1, 0.15) is 0 Å². The van der Waals surface area contributed by atoms with Gasteiger partial charge in [0, 0.05) is 27.8 Å². The number of anilines is 1. The van der Waals surface area contributed by atoms with E-state index in [0.29, 0.717) is 5.69 Å². The van der Waals surface area contributed by atoms with Crippen LogP contribution in [0.25, 0.3) is 11.1 Å². The number of carbonyl (C=O) groups is 1. The highest BCUT2D eigenvalue weighted by Crippen LogP contribution is 2.41. The lowest BCUT2D eigenvalue weighted by molar-refractivity contribution is 0.104. The number of nitrogens with two attached hydrogens (primary N) is 1. The van der Waals surface area contributed by atoms with Crippen molar-refractivity contribution >= 4 is 22.8 Å². The van der Waals surface area contributed by atoms with Crippen LogP contribution in [-0.2, 0) is 0 Å². The highest BCUT2D eigenvalue weighted by atomic mass is 32.1. The molecule has 0 amide bonds. The van der Waals surface area contributed by atoms with Crippen LogP contribution in [0.1, 0.15) is 21.5 Å². The number of hydrogen-bond donors (Lipinski definition) is 1. The highest BCUT2D eigenvalue weighted by Gasteiger charge is 2.29. The van der Waals surface area contributed by atoms with E-state index in [9.17, 15) is 4.79 Å². The molecule has 0 atom stereocenters. The molecule has 2 aromatic rings.